The Bertz CT molecular complexity index is 870. The molecule has 0 saturated carbocycles. The minimum Gasteiger partial charge on any atom is -0.495 e. The molecule has 0 atom stereocenters. The zero-order chi connectivity index (χ0) is 19.2. The van der Waals surface area contributed by atoms with Gasteiger partial charge in [0.15, 0.2) is 19.7 Å². The Morgan fingerprint density at radius 1 is 0.654 bits per heavy atom. The smallest absolute Gasteiger partial charge is 0.182 e. The van der Waals surface area contributed by atoms with Crippen LogP contribution in [0.3, 0.4) is 0 Å². The van der Waals surface area contributed by atoms with Gasteiger partial charge in [-0.15, -0.1) is 0 Å². The van der Waals surface area contributed by atoms with Gasteiger partial charge in [-0.3, -0.25) is 0 Å². The van der Waals surface area contributed by atoms with Gasteiger partial charge < -0.3 is 9.47 Å². The maximum atomic E-state index is 12.5. The third-order valence-electron chi connectivity index (χ3n) is 3.88. The van der Waals surface area contributed by atoms with Crippen LogP contribution in [0.2, 0.25) is 0 Å². The van der Waals surface area contributed by atoms with Crippen molar-refractivity contribution in [1.82, 2.24) is 0 Å². The molecule has 142 valence electrons. The van der Waals surface area contributed by atoms with Crippen LogP contribution in [0.1, 0.15) is 12.8 Å². The molecule has 0 heterocycles. The van der Waals surface area contributed by atoms with E-state index in [1.54, 1.807) is 36.4 Å². The summed E-state index contributed by atoms with van der Waals surface area (Å²) in [6.45, 7) is 0. The Morgan fingerprint density at radius 3 is 1.35 bits per heavy atom. The van der Waals surface area contributed by atoms with Crippen molar-refractivity contribution in [2.24, 2.45) is 0 Å². The highest BCUT2D eigenvalue weighted by Gasteiger charge is 2.21. The van der Waals surface area contributed by atoms with E-state index in [-0.39, 0.29) is 45.6 Å². The number of hydrogen-bond acceptors (Lipinski definition) is 6. The van der Waals surface area contributed by atoms with Crippen molar-refractivity contribution in [2.75, 3.05) is 25.7 Å². The second-order valence-electron chi connectivity index (χ2n) is 5.65. The Kier molecular flexibility index (Phi) is 6.66. The molecular weight excluding hydrogens is 376 g/mol. The summed E-state index contributed by atoms with van der Waals surface area (Å²) in [6, 6.07) is 12.8. The van der Waals surface area contributed by atoms with Crippen molar-refractivity contribution in [1.29, 1.82) is 0 Å². The van der Waals surface area contributed by atoms with E-state index in [9.17, 15) is 16.8 Å². The van der Waals surface area contributed by atoms with Crippen LogP contribution >= 0.6 is 0 Å². The zero-order valence-corrected chi connectivity index (χ0v) is 16.3. The monoisotopic (exact) mass is 398 g/mol. The van der Waals surface area contributed by atoms with Gasteiger partial charge in [-0.1, -0.05) is 24.3 Å². The quantitative estimate of drug-likeness (QED) is 0.604. The number of unbranched alkanes of at least 4 members (excludes halogenated alkanes) is 1. The number of ether oxygens (including phenoxy) is 2. The molecule has 0 saturated heterocycles. The van der Waals surface area contributed by atoms with Crippen LogP contribution in [-0.2, 0) is 19.7 Å². The van der Waals surface area contributed by atoms with Gasteiger partial charge in [0.1, 0.15) is 21.3 Å². The summed E-state index contributed by atoms with van der Waals surface area (Å²) >= 11 is 0. The highest BCUT2D eigenvalue weighted by molar-refractivity contribution is 7.92. The molecule has 0 spiro atoms. The molecule has 0 aromatic heterocycles. The first-order valence-electron chi connectivity index (χ1n) is 8.03. The third-order valence-corrected chi connectivity index (χ3v) is 7.55. The Balaban J connectivity index is 2.02. The number of para-hydroxylation sites is 2. The SMILES string of the molecule is COc1ccccc1S(=O)(=O)CCCCS(=O)(=O)c1ccccc1OC. The first-order valence-corrected chi connectivity index (χ1v) is 11.3. The molecule has 6 nitrogen and oxygen atoms in total. The van der Waals surface area contributed by atoms with Gasteiger partial charge in [0, 0.05) is 0 Å². The largest absolute Gasteiger partial charge is 0.495 e. The van der Waals surface area contributed by atoms with E-state index in [1.165, 1.54) is 26.4 Å². The first-order chi connectivity index (χ1) is 12.3. The lowest BCUT2D eigenvalue weighted by molar-refractivity contribution is 0.402. The van der Waals surface area contributed by atoms with E-state index in [0.29, 0.717) is 0 Å². The Labute approximate surface area is 154 Å². The average Bonchev–Trinajstić information content (AvgIpc) is 2.65. The second-order valence-corrected chi connectivity index (χ2v) is 9.80. The minimum atomic E-state index is -3.54. The molecule has 8 heteroatoms. The van der Waals surface area contributed by atoms with Crippen LogP contribution in [0.4, 0.5) is 0 Å². The van der Waals surface area contributed by atoms with E-state index in [0.717, 1.165) is 0 Å². The number of rotatable bonds is 9. The van der Waals surface area contributed by atoms with Crippen molar-refractivity contribution < 1.29 is 26.3 Å². The number of hydrogen-bond donors (Lipinski definition) is 0. The topological polar surface area (TPSA) is 86.7 Å². The van der Waals surface area contributed by atoms with E-state index in [1.807, 2.05) is 0 Å². The van der Waals surface area contributed by atoms with Gasteiger partial charge in [-0.25, -0.2) is 16.8 Å². The number of benzene rings is 2. The van der Waals surface area contributed by atoms with Crippen LogP contribution in [0.5, 0.6) is 11.5 Å². The molecule has 0 amide bonds. The van der Waals surface area contributed by atoms with Gasteiger partial charge in [0.25, 0.3) is 0 Å². The maximum Gasteiger partial charge on any atom is 0.182 e. The molecule has 0 aliphatic carbocycles. The molecule has 26 heavy (non-hydrogen) atoms. The predicted molar refractivity (Wildman–Crippen MR) is 99.3 cm³/mol. The normalized spacial score (nSPS) is 11.9. The summed E-state index contributed by atoms with van der Waals surface area (Å²) in [4.78, 5) is 0.241. The van der Waals surface area contributed by atoms with E-state index in [4.69, 9.17) is 9.47 Å². The van der Waals surface area contributed by atoms with Crippen molar-refractivity contribution in [3.63, 3.8) is 0 Å². The summed E-state index contributed by atoms with van der Waals surface area (Å²) in [6.07, 6.45) is 0.462. The highest BCUT2D eigenvalue weighted by Crippen LogP contribution is 2.26. The fourth-order valence-electron chi connectivity index (χ4n) is 2.56. The van der Waals surface area contributed by atoms with Gasteiger partial charge in [0.2, 0.25) is 0 Å². The fraction of sp³-hybridized carbons (Fsp3) is 0.333. The molecule has 0 N–H and O–H groups in total. The van der Waals surface area contributed by atoms with Crippen LogP contribution < -0.4 is 9.47 Å². The molecule has 0 radical (unpaired) electrons. The third kappa shape index (κ3) is 4.76. The number of sulfone groups is 2. The molecular formula is C18H22O6S2. The molecule has 0 fully saturated rings. The van der Waals surface area contributed by atoms with Crippen molar-refractivity contribution >= 4 is 19.7 Å². The Morgan fingerprint density at radius 2 is 1.00 bits per heavy atom. The highest BCUT2D eigenvalue weighted by atomic mass is 32.2. The van der Waals surface area contributed by atoms with Crippen LogP contribution in [0.15, 0.2) is 58.3 Å². The second kappa shape index (κ2) is 8.55. The standard InChI is InChI=1S/C18H22O6S2/c1-23-15-9-3-5-11-17(15)25(19,20)13-7-8-14-26(21,22)18-12-6-4-10-16(18)24-2/h3-6,9-12H,7-8,13-14H2,1-2H3. The van der Waals surface area contributed by atoms with Crippen molar-refractivity contribution in [3.05, 3.63) is 48.5 Å². The van der Waals surface area contributed by atoms with Crippen molar-refractivity contribution in [2.45, 2.75) is 22.6 Å². The zero-order valence-electron chi connectivity index (χ0n) is 14.7. The van der Waals surface area contributed by atoms with E-state index < -0.39 is 19.7 Å². The Hall–Kier alpha value is -2.06. The molecule has 0 aliphatic rings. The van der Waals surface area contributed by atoms with Crippen LogP contribution in [-0.4, -0.2) is 42.6 Å². The molecule has 0 aliphatic heterocycles. The fourth-order valence-corrected chi connectivity index (χ4v) is 5.65. The average molecular weight is 399 g/mol. The summed E-state index contributed by atoms with van der Waals surface area (Å²) in [7, 11) is -4.26. The van der Waals surface area contributed by atoms with Gasteiger partial charge >= 0.3 is 0 Å². The first kappa shape index (κ1) is 20.3. The summed E-state index contributed by atoms with van der Waals surface area (Å²) in [5, 5.41) is 0. The molecule has 2 rings (SSSR count). The molecule has 2 aromatic rings. The van der Waals surface area contributed by atoms with Crippen molar-refractivity contribution in [3.8, 4) is 11.5 Å². The lowest BCUT2D eigenvalue weighted by Crippen LogP contribution is -2.12. The lowest BCUT2D eigenvalue weighted by Gasteiger charge is -2.10. The van der Waals surface area contributed by atoms with Crippen LogP contribution in [0.25, 0.3) is 0 Å². The molecule has 0 bridgehead atoms. The summed E-state index contributed by atoms with van der Waals surface area (Å²) < 4.78 is 60.0. The van der Waals surface area contributed by atoms with E-state index >= 15 is 0 Å². The van der Waals surface area contributed by atoms with Gasteiger partial charge in [-0.05, 0) is 37.1 Å². The summed E-state index contributed by atoms with van der Waals surface area (Å²) in [5.74, 6) is 0.284. The number of methoxy groups -OCH3 is 2. The maximum absolute atomic E-state index is 12.5. The molecule has 2 aromatic carbocycles. The minimum absolute atomic E-state index is 0.120. The molecule has 0 unspecified atom stereocenters. The predicted octanol–water partition coefficient (Wildman–Crippen LogP) is 2.73. The van der Waals surface area contributed by atoms with Crippen LogP contribution in [0, 0.1) is 0 Å². The van der Waals surface area contributed by atoms with Gasteiger partial charge in [-0.2, -0.15) is 0 Å². The van der Waals surface area contributed by atoms with Gasteiger partial charge in [0.05, 0.1) is 25.7 Å². The lowest BCUT2D eigenvalue weighted by atomic mass is 10.3. The van der Waals surface area contributed by atoms with E-state index in [2.05, 4.69) is 0 Å². The summed E-state index contributed by atoms with van der Waals surface area (Å²) in [5.41, 5.74) is 0.